The van der Waals surface area contributed by atoms with Crippen molar-refractivity contribution in [2.75, 3.05) is 13.1 Å². The van der Waals surface area contributed by atoms with Crippen LogP contribution in [0.4, 0.5) is 8.78 Å². The highest BCUT2D eigenvalue weighted by Gasteiger charge is 2.28. The number of ketones is 1. The molecule has 0 saturated carbocycles. The Morgan fingerprint density at radius 2 is 1.96 bits per heavy atom. The van der Waals surface area contributed by atoms with Gasteiger partial charge in [-0.15, -0.1) is 12.4 Å². The highest BCUT2D eigenvalue weighted by atomic mass is 35.5. The summed E-state index contributed by atoms with van der Waals surface area (Å²) in [5.74, 6) is -2.21. The van der Waals surface area contributed by atoms with E-state index in [4.69, 9.17) is 0 Å². The lowest BCUT2D eigenvalue weighted by molar-refractivity contribution is -0.134. The molecule has 128 valence electrons. The summed E-state index contributed by atoms with van der Waals surface area (Å²) in [6.07, 6.45) is -0.0425. The maximum atomic E-state index is 13.5. The SMILES string of the molecule is CC1NCCN(C(=O)CCC(=O)c2ccc(F)cc2F)C1C.Cl. The highest BCUT2D eigenvalue weighted by molar-refractivity contribution is 5.98. The minimum absolute atomic E-state index is 0. The van der Waals surface area contributed by atoms with Gasteiger partial charge in [-0.2, -0.15) is 0 Å². The molecule has 0 aliphatic carbocycles. The zero-order chi connectivity index (χ0) is 16.3. The Morgan fingerprint density at radius 1 is 1.26 bits per heavy atom. The van der Waals surface area contributed by atoms with Gasteiger partial charge in [-0.1, -0.05) is 0 Å². The van der Waals surface area contributed by atoms with Crippen LogP contribution in [0.2, 0.25) is 0 Å². The maximum Gasteiger partial charge on any atom is 0.223 e. The molecule has 1 saturated heterocycles. The van der Waals surface area contributed by atoms with E-state index in [0.717, 1.165) is 18.7 Å². The molecule has 1 aliphatic heterocycles. The van der Waals surface area contributed by atoms with Crippen molar-refractivity contribution in [3.63, 3.8) is 0 Å². The molecule has 0 radical (unpaired) electrons. The van der Waals surface area contributed by atoms with E-state index in [1.807, 2.05) is 13.8 Å². The molecule has 1 aromatic carbocycles. The van der Waals surface area contributed by atoms with Gasteiger partial charge in [0.05, 0.1) is 5.56 Å². The van der Waals surface area contributed by atoms with Crippen LogP contribution in [0, 0.1) is 11.6 Å². The minimum atomic E-state index is -0.887. The van der Waals surface area contributed by atoms with Gasteiger partial charge in [-0.3, -0.25) is 9.59 Å². The molecule has 0 spiro atoms. The summed E-state index contributed by atoms with van der Waals surface area (Å²) in [4.78, 5) is 25.9. The topological polar surface area (TPSA) is 49.4 Å². The molecule has 1 heterocycles. The van der Waals surface area contributed by atoms with Crippen LogP contribution in [-0.2, 0) is 4.79 Å². The first-order chi connectivity index (χ1) is 10.4. The number of hydrogen-bond donors (Lipinski definition) is 1. The van der Waals surface area contributed by atoms with E-state index in [1.165, 1.54) is 0 Å². The molecule has 1 aliphatic rings. The molecule has 0 bridgehead atoms. The molecule has 1 aromatic rings. The molecule has 0 aromatic heterocycles. The van der Waals surface area contributed by atoms with E-state index < -0.39 is 17.4 Å². The zero-order valence-corrected chi connectivity index (χ0v) is 14.0. The van der Waals surface area contributed by atoms with Crippen LogP contribution >= 0.6 is 12.4 Å². The van der Waals surface area contributed by atoms with Crippen molar-refractivity contribution in [2.24, 2.45) is 0 Å². The van der Waals surface area contributed by atoms with Crippen molar-refractivity contribution in [2.45, 2.75) is 38.8 Å². The summed E-state index contributed by atoms with van der Waals surface area (Å²) in [6, 6.07) is 3.09. The van der Waals surface area contributed by atoms with Crippen molar-refractivity contribution >= 4 is 24.1 Å². The van der Waals surface area contributed by atoms with E-state index >= 15 is 0 Å². The van der Waals surface area contributed by atoms with Crippen LogP contribution in [0.3, 0.4) is 0 Å². The number of benzene rings is 1. The normalized spacial score (nSPS) is 20.8. The third kappa shape index (κ3) is 4.72. The molecule has 1 N–H and O–H groups in total. The average molecular weight is 347 g/mol. The highest BCUT2D eigenvalue weighted by Crippen LogP contribution is 2.15. The third-order valence-corrected chi connectivity index (χ3v) is 4.15. The van der Waals surface area contributed by atoms with Gasteiger partial charge in [0, 0.05) is 44.1 Å². The Morgan fingerprint density at radius 3 is 2.61 bits per heavy atom. The van der Waals surface area contributed by atoms with Crippen molar-refractivity contribution in [1.29, 1.82) is 0 Å². The van der Waals surface area contributed by atoms with Crippen LogP contribution in [0.25, 0.3) is 0 Å². The molecular weight excluding hydrogens is 326 g/mol. The Labute approximate surface area is 140 Å². The summed E-state index contributed by atoms with van der Waals surface area (Å²) in [5.41, 5.74) is -0.170. The number of rotatable bonds is 4. The molecule has 2 unspecified atom stereocenters. The van der Waals surface area contributed by atoms with Gasteiger partial charge in [0.25, 0.3) is 0 Å². The number of halogens is 3. The zero-order valence-electron chi connectivity index (χ0n) is 13.1. The van der Waals surface area contributed by atoms with Crippen molar-refractivity contribution in [3.05, 3.63) is 35.4 Å². The van der Waals surface area contributed by atoms with Crippen LogP contribution in [0.5, 0.6) is 0 Å². The van der Waals surface area contributed by atoms with Crippen LogP contribution in [-0.4, -0.2) is 41.8 Å². The molecule has 4 nitrogen and oxygen atoms in total. The van der Waals surface area contributed by atoms with Gasteiger partial charge < -0.3 is 10.2 Å². The van der Waals surface area contributed by atoms with Crippen molar-refractivity contribution in [1.82, 2.24) is 10.2 Å². The maximum absolute atomic E-state index is 13.5. The number of Topliss-reactive ketones (excluding diaryl/α,β-unsaturated/α-hetero) is 1. The lowest BCUT2D eigenvalue weighted by atomic mass is 10.0. The summed E-state index contributed by atoms with van der Waals surface area (Å²) in [7, 11) is 0. The molecule has 23 heavy (non-hydrogen) atoms. The average Bonchev–Trinajstić information content (AvgIpc) is 2.47. The van der Waals surface area contributed by atoms with Gasteiger partial charge in [0.15, 0.2) is 5.78 Å². The van der Waals surface area contributed by atoms with Crippen LogP contribution in [0.1, 0.15) is 37.0 Å². The van der Waals surface area contributed by atoms with Gasteiger partial charge in [0.1, 0.15) is 11.6 Å². The van der Waals surface area contributed by atoms with E-state index in [9.17, 15) is 18.4 Å². The Kier molecular flexibility index (Phi) is 7.09. The minimum Gasteiger partial charge on any atom is -0.337 e. The Hall–Kier alpha value is -1.53. The monoisotopic (exact) mass is 346 g/mol. The van der Waals surface area contributed by atoms with E-state index in [1.54, 1.807) is 4.90 Å². The van der Waals surface area contributed by atoms with Crippen molar-refractivity contribution < 1.29 is 18.4 Å². The number of carbonyl (C=O) groups is 2. The third-order valence-electron chi connectivity index (χ3n) is 4.15. The van der Waals surface area contributed by atoms with Crippen molar-refractivity contribution in [3.8, 4) is 0 Å². The predicted molar refractivity (Wildman–Crippen MR) is 85.8 cm³/mol. The summed E-state index contributed by atoms with van der Waals surface area (Å²) < 4.78 is 26.4. The smallest absolute Gasteiger partial charge is 0.223 e. The Balaban J connectivity index is 0.00000264. The fourth-order valence-corrected chi connectivity index (χ4v) is 2.62. The number of nitrogens with one attached hydrogen (secondary N) is 1. The molecule has 1 amide bonds. The molecule has 2 atom stereocenters. The number of hydrogen-bond acceptors (Lipinski definition) is 3. The predicted octanol–water partition coefficient (Wildman–Crippen LogP) is 2.56. The second-order valence-electron chi connectivity index (χ2n) is 5.62. The van der Waals surface area contributed by atoms with Gasteiger partial charge >= 0.3 is 0 Å². The first-order valence-corrected chi connectivity index (χ1v) is 7.41. The fraction of sp³-hybridized carbons (Fsp3) is 0.500. The number of piperazine rings is 1. The summed E-state index contributed by atoms with van der Waals surface area (Å²) >= 11 is 0. The van der Waals surface area contributed by atoms with Crippen LogP contribution < -0.4 is 5.32 Å². The largest absolute Gasteiger partial charge is 0.337 e. The van der Waals surface area contributed by atoms with E-state index in [0.29, 0.717) is 12.6 Å². The summed E-state index contributed by atoms with van der Waals surface area (Å²) in [5, 5.41) is 3.27. The first-order valence-electron chi connectivity index (χ1n) is 7.41. The second-order valence-corrected chi connectivity index (χ2v) is 5.62. The molecular formula is C16H21ClF2N2O2. The molecule has 1 fully saturated rings. The fourth-order valence-electron chi connectivity index (χ4n) is 2.62. The molecule has 2 rings (SSSR count). The summed E-state index contributed by atoms with van der Waals surface area (Å²) in [6.45, 7) is 5.28. The second kappa shape index (κ2) is 8.36. The number of nitrogens with zero attached hydrogens (tertiary/aromatic N) is 1. The first kappa shape index (κ1) is 19.5. The van der Waals surface area contributed by atoms with Gasteiger partial charge in [-0.05, 0) is 26.0 Å². The van der Waals surface area contributed by atoms with Gasteiger partial charge in [0.2, 0.25) is 5.91 Å². The standard InChI is InChI=1S/C16H20F2N2O2.ClH/c1-10-11(2)20(8-7-19-10)16(22)6-5-15(21)13-4-3-12(17)9-14(13)18;/h3-4,9-11,19H,5-8H2,1-2H3;1H. The molecule has 7 heteroatoms. The lowest BCUT2D eigenvalue weighted by Gasteiger charge is -2.38. The van der Waals surface area contributed by atoms with Crippen LogP contribution in [0.15, 0.2) is 18.2 Å². The number of amides is 1. The van der Waals surface area contributed by atoms with E-state index in [-0.39, 0.29) is 48.8 Å². The van der Waals surface area contributed by atoms with E-state index in [2.05, 4.69) is 5.32 Å². The quantitative estimate of drug-likeness (QED) is 0.852. The lowest BCUT2D eigenvalue weighted by Crippen LogP contribution is -2.57. The number of carbonyl (C=O) groups excluding carboxylic acids is 2. The Bertz CT molecular complexity index is 583. The van der Waals surface area contributed by atoms with Gasteiger partial charge in [-0.25, -0.2) is 8.78 Å².